The number of fused-ring (bicyclic) bond motifs is 1. The largest absolute Gasteiger partial charge is 0.453 e. The zero-order chi connectivity index (χ0) is 13.2. The van der Waals surface area contributed by atoms with Crippen molar-refractivity contribution in [2.75, 3.05) is 0 Å². The smallest absolute Gasteiger partial charge is 0.202 e. The molecule has 0 aliphatic heterocycles. The minimum atomic E-state index is -0.0932. The minimum Gasteiger partial charge on any atom is -0.453 e. The quantitative estimate of drug-likeness (QED) is 0.679. The fraction of sp³-hybridized carbons (Fsp3) is 0.0667. The number of hydrogen-bond acceptors (Lipinski definition) is 3. The highest BCUT2D eigenvalue weighted by Crippen LogP contribution is 2.21. The van der Waals surface area contributed by atoms with Gasteiger partial charge >= 0.3 is 0 Å². The molecule has 0 saturated carbocycles. The number of Topliss-reactive ketones (excluding diaryl/α,β-unsaturated/α-hetero) is 1. The van der Waals surface area contributed by atoms with Crippen LogP contribution in [0.4, 0.5) is 0 Å². The second kappa shape index (κ2) is 4.86. The maximum atomic E-state index is 12.2. The van der Waals surface area contributed by atoms with Crippen molar-refractivity contribution >= 4 is 28.4 Å². The van der Waals surface area contributed by atoms with Gasteiger partial charge in [-0.1, -0.05) is 29.8 Å². The Hall–Kier alpha value is -2.13. The van der Waals surface area contributed by atoms with Crippen molar-refractivity contribution in [1.82, 2.24) is 4.98 Å². The standard InChI is InChI=1S/C15H10ClNO2/c16-12-9-17-6-5-10(12)7-13(18)15-8-11-3-1-2-4-14(11)19-15/h1-6,8-9H,7H2. The van der Waals surface area contributed by atoms with Crippen molar-refractivity contribution in [2.24, 2.45) is 0 Å². The highest BCUT2D eigenvalue weighted by atomic mass is 35.5. The Labute approximate surface area is 114 Å². The van der Waals surface area contributed by atoms with Gasteiger partial charge in [-0.2, -0.15) is 0 Å². The lowest BCUT2D eigenvalue weighted by atomic mass is 10.1. The third kappa shape index (κ3) is 2.37. The maximum Gasteiger partial charge on any atom is 0.202 e. The molecule has 2 heterocycles. The number of halogens is 1. The molecule has 0 saturated heterocycles. The molecule has 0 aliphatic carbocycles. The number of aromatic nitrogens is 1. The number of para-hydroxylation sites is 1. The van der Waals surface area contributed by atoms with Gasteiger partial charge in [0.25, 0.3) is 0 Å². The topological polar surface area (TPSA) is 43.1 Å². The number of ketones is 1. The number of pyridine rings is 1. The van der Waals surface area contributed by atoms with Crippen molar-refractivity contribution < 1.29 is 9.21 Å². The van der Waals surface area contributed by atoms with E-state index in [2.05, 4.69) is 4.98 Å². The summed E-state index contributed by atoms with van der Waals surface area (Å²) in [5, 5.41) is 1.42. The van der Waals surface area contributed by atoms with Crippen LogP contribution in [0.2, 0.25) is 5.02 Å². The third-order valence-corrected chi connectivity index (χ3v) is 3.25. The van der Waals surface area contributed by atoms with Crippen LogP contribution in [0.1, 0.15) is 16.1 Å². The van der Waals surface area contributed by atoms with Gasteiger partial charge in [0.05, 0.1) is 5.02 Å². The molecule has 3 aromatic rings. The van der Waals surface area contributed by atoms with Crippen molar-refractivity contribution in [3.63, 3.8) is 0 Å². The molecule has 19 heavy (non-hydrogen) atoms. The molecule has 0 bridgehead atoms. The van der Waals surface area contributed by atoms with Gasteiger partial charge in [-0.25, -0.2) is 0 Å². The Balaban J connectivity index is 1.90. The summed E-state index contributed by atoms with van der Waals surface area (Å²) in [6, 6.07) is 11.0. The summed E-state index contributed by atoms with van der Waals surface area (Å²) in [5.74, 6) is 0.262. The van der Waals surface area contributed by atoms with Crippen LogP contribution < -0.4 is 0 Å². The Morgan fingerprint density at radius 1 is 1.26 bits per heavy atom. The van der Waals surface area contributed by atoms with Crippen LogP contribution in [0.15, 0.2) is 53.2 Å². The van der Waals surface area contributed by atoms with Gasteiger partial charge in [0.1, 0.15) is 5.58 Å². The summed E-state index contributed by atoms with van der Waals surface area (Å²) >= 11 is 5.99. The zero-order valence-corrected chi connectivity index (χ0v) is 10.7. The zero-order valence-electron chi connectivity index (χ0n) is 9.97. The van der Waals surface area contributed by atoms with Crippen LogP contribution in [0.3, 0.4) is 0 Å². The van der Waals surface area contributed by atoms with E-state index in [9.17, 15) is 4.79 Å². The van der Waals surface area contributed by atoms with Gasteiger partial charge in [-0.05, 0) is 23.8 Å². The van der Waals surface area contributed by atoms with Crippen LogP contribution in [0.5, 0.6) is 0 Å². The van der Waals surface area contributed by atoms with Gasteiger partial charge in [0.15, 0.2) is 5.76 Å². The van der Waals surface area contributed by atoms with Crippen molar-refractivity contribution in [2.45, 2.75) is 6.42 Å². The number of furan rings is 1. The van der Waals surface area contributed by atoms with Crippen LogP contribution in [-0.2, 0) is 6.42 Å². The summed E-state index contributed by atoms with van der Waals surface area (Å²) in [6.07, 6.45) is 3.36. The van der Waals surface area contributed by atoms with E-state index < -0.39 is 0 Å². The highest BCUT2D eigenvalue weighted by Gasteiger charge is 2.14. The summed E-state index contributed by atoms with van der Waals surface area (Å²) in [6.45, 7) is 0. The predicted molar refractivity (Wildman–Crippen MR) is 73.5 cm³/mol. The minimum absolute atomic E-state index is 0.0932. The molecular weight excluding hydrogens is 262 g/mol. The van der Waals surface area contributed by atoms with E-state index in [4.69, 9.17) is 16.0 Å². The molecule has 3 rings (SSSR count). The molecule has 0 N–H and O–H groups in total. The van der Waals surface area contributed by atoms with E-state index in [1.807, 2.05) is 24.3 Å². The second-order valence-electron chi connectivity index (χ2n) is 4.22. The van der Waals surface area contributed by atoms with Crippen LogP contribution in [0, 0.1) is 0 Å². The lowest BCUT2D eigenvalue weighted by Crippen LogP contribution is -2.02. The molecule has 0 spiro atoms. The first kappa shape index (κ1) is 11.9. The molecule has 94 valence electrons. The maximum absolute atomic E-state index is 12.2. The Morgan fingerprint density at radius 2 is 2.11 bits per heavy atom. The van der Waals surface area contributed by atoms with Crippen LogP contribution in [-0.4, -0.2) is 10.8 Å². The predicted octanol–water partition coefficient (Wildman–Crippen LogP) is 3.91. The number of carbonyl (C=O) groups is 1. The number of benzene rings is 1. The molecule has 0 amide bonds. The van der Waals surface area contributed by atoms with Crippen LogP contribution >= 0.6 is 11.6 Å². The number of hydrogen-bond donors (Lipinski definition) is 0. The van der Waals surface area contributed by atoms with Gasteiger partial charge < -0.3 is 4.42 Å². The monoisotopic (exact) mass is 271 g/mol. The number of nitrogens with zero attached hydrogens (tertiary/aromatic N) is 1. The Morgan fingerprint density at radius 3 is 2.89 bits per heavy atom. The normalized spacial score (nSPS) is 10.8. The number of carbonyl (C=O) groups excluding carboxylic acids is 1. The van der Waals surface area contributed by atoms with Gasteiger partial charge in [0.2, 0.25) is 5.78 Å². The van der Waals surface area contributed by atoms with E-state index >= 15 is 0 Å². The van der Waals surface area contributed by atoms with Crippen LogP contribution in [0.25, 0.3) is 11.0 Å². The first-order valence-electron chi connectivity index (χ1n) is 5.84. The molecular formula is C15H10ClNO2. The molecule has 0 aliphatic rings. The lowest BCUT2D eigenvalue weighted by Gasteiger charge is -2.00. The van der Waals surface area contributed by atoms with Gasteiger partial charge in [0, 0.05) is 24.2 Å². The van der Waals surface area contributed by atoms with E-state index in [1.54, 1.807) is 18.3 Å². The molecule has 1 aromatic carbocycles. The van der Waals surface area contributed by atoms with Gasteiger partial charge in [-0.3, -0.25) is 9.78 Å². The molecule has 2 aromatic heterocycles. The number of rotatable bonds is 3. The SMILES string of the molecule is O=C(Cc1ccncc1Cl)c1cc2ccccc2o1. The molecule has 0 atom stereocenters. The van der Waals surface area contributed by atoms with E-state index in [1.165, 1.54) is 6.20 Å². The van der Waals surface area contributed by atoms with E-state index in [0.717, 1.165) is 10.9 Å². The fourth-order valence-corrected chi connectivity index (χ4v) is 2.11. The third-order valence-electron chi connectivity index (χ3n) is 2.91. The lowest BCUT2D eigenvalue weighted by molar-refractivity contribution is 0.0968. The summed E-state index contributed by atoms with van der Waals surface area (Å²) in [5.41, 5.74) is 1.47. The summed E-state index contributed by atoms with van der Waals surface area (Å²) < 4.78 is 5.53. The van der Waals surface area contributed by atoms with Crippen molar-refractivity contribution in [3.05, 3.63) is 65.1 Å². The summed E-state index contributed by atoms with van der Waals surface area (Å²) in [7, 11) is 0. The van der Waals surface area contributed by atoms with Gasteiger partial charge in [-0.15, -0.1) is 0 Å². The Kier molecular flexibility index (Phi) is 3.05. The molecule has 0 fully saturated rings. The average molecular weight is 272 g/mol. The molecule has 4 heteroatoms. The first-order valence-corrected chi connectivity index (χ1v) is 6.22. The fourth-order valence-electron chi connectivity index (χ4n) is 1.93. The molecule has 0 unspecified atom stereocenters. The molecule has 0 radical (unpaired) electrons. The average Bonchev–Trinajstić information content (AvgIpc) is 2.85. The van der Waals surface area contributed by atoms with E-state index in [0.29, 0.717) is 16.4 Å². The second-order valence-corrected chi connectivity index (χ2v) is 4.62. The Bertz CT molecular complexity index is 715. The summed E-state index contributed by atoms with van der Waals surface area (Å²) in [4.78, 5) is 16.1. The van der Waals surface area contributed by atoms with Crippen molar-refractivity contribution in [1.29, 1.82) is 0 Å². The first-order chi connectivity index (χ1) is 9.24. The van der Waals surface area contributed by atoms with E-state index in [-0.39, 0.29) is 12.2 Å². The van der Waals surface area contributed by atoms with Crippen molar-refractivity contribution in [3.8, 4) is 0 Å². The highest BCUT2D eigenvalue weighted by molar-refractivity contribution is 6.31. The molecule has 3 nitrogen and oxygen atoms in total.